The highest BCUT2D eigenvalue weighted by molar-refractivity contribution is 8.76. The Bertz CT molecular complexity index is 298. The molecule has 0 unspecified atom stereocenters. The van der Waals surface area contributed by atoms with Crippen molar-refractivity contribution in [1.29, 1.82) is 0 Å². The van der Waals surface area contributed by atoms with Crippen LogP contribution >= 0.6 is 21.6 Å². The lowest BCUT2D eigenvalue weighted by Gasteiger charge is -2.04. The molecule has 0 fully saturated rings. The maximum absolute atomic E-state index is 12.6. The second-order valence-electron chi connectivity index (χ2n) is 2.42. The van der Waals surface area contributed by atoms with E-state index >= 15 is 0 Å². The summed E-state index contributed by atoms with van der Waals surface area (Å²) in [6.07, 6.45) is -4.18. The molecule has 0 atom stereocenters. The van der Waals surface area contributed by atoms with Gasteiger partial charge in [-0.15, -0.1) is 0 Å². The molecule has 0 aliphatic heterocycles. The Balaban J connectivity index is 2.39. The van der Waals surface area contributed by atoms with Gasteiger partial charge in [0.25, 0.3) is 0 Å². The van der Waals surface area contributed by atoms with Gasteiger partial charge in [-0.05, 0) is 18.2 Å². The van der Waals surface area contributed by atoms with Crippen LogP contribution in [0.15, 0.2) is 29.2 Å². The Morgan fingerprint density at radius 2 is 1.93 bits per heavy atom. The molecule has 0 amide bonds. The van der Waals surface area contributed by atoms with Gasteiger partial charge in [-0.1, -0.05) is 27.7 Å². The minimum atomic E-state index is -4.18. The van der Waals surface area contributed by atoms with Crippen molar-refractivity contribution in [3.05, 3.63) is 30.1 Å². The van der Waals surface area contributed by atoms with Gasteiger partial charge in [-0.2, -0.15) is 13.2 Å². The van der Waals surface area contributed by atoms with Crippen LogP contribution in [0.4, 0.5) is 17.6 Å². The Hall–Kier alpha value is -0.360. The SMILES string of the molecule is Fc1cccc(SSCC(F)(F)F)c1. The Morgan fingerprint density at radius 1 is 1.21 bits per heavy atom. The molecule has 1 rings (SSSR count). The van der Waals surface area contributed by atoms with Crippen LogP contribution in [0, 0.1) is 5.82 Å². The first-order chi connectivity index (χ1) is 6.47. The standard InChI is InChI=1S/C8H6F4S2/c9-6-2-1-3-7(4-6)14-13-5-8(10,11)12/h1-4H,5H2. The van der Waals surface area contributed by atoms with Crippen LogP contribution in [0.5, 0.6) is 0 Å². The van der Waals surface area contributed by atoms with Gasteiger partial charge in [0.05, 0.1) is 0 Å². The van der Waals surface area contributed by atoms with Crippen molar-refractivity contribution in [1.82, 2.24) is 0 Å². The van der Waals surface area contributed by atoms with Gasteiger partial charge < -0.3 is 0 Å². The summed E-state index contributed by atoms with van der Waals surface area (Å²) in [7, 11) is 1.57. The average molecular weight is 242 g/mol. The van der Waals surface area contributed by atoms with E-state index < -0.39 is 17.7 Å². The topological polar surface area (TPSA) is 0 Å². The van der Waals surface area contributed by atoms with E-state index in [9.17, 15) is 17.6 Å². The normalized spacial score (nSPS) is 11.7. The molecule has 0 spiro atoms. The molecule has 0 aliphatic carbocycles. The highest BCUT2D eigenvalue weighted by Crippen LogP contribution is 2.35. The number of hydrogen-bond acceptors (Lipinski definition) is 2. The lowest BCUT2D eigenvalue weighted by atomic mass is 10.4. The van der Waals surface area contributed by atoms with Crippen LogP contribution in [0.3, 0.4) is 0 Å². The van der Waals surface area contributed by atoms with Crippen LogP contribution in [0.25, 0.3) is 0 Å². The summed E-state index contributed by atoms with van der Waals surface area (Å²) in [6.45, 7) is 0. The van der Waals surface area contributed by atoms with Crippen molar-refractivity contribution in [3.8, 4) is 0 Å². The molecule has 0 radical (unpaired) electrons. The van der Waals surface area contributed by atoms with E-state index in [2.05, 4.69) is 0 Å². The fourth-order valence-electron chi connectivity index (χ4n) is 0.683. The van der Waals surface area contributed by atoms with E-state index in [1.807, 2.05) is 0 Å². The summed E-state index contributed by atoms with van der Waals surface area (Å²) in [5.41, 5.74) is 0. The number of alkyl halides is 3. The lowest BCUT2D eigenvalue weighted by Crippen LogP contribution is -2.09. The lowest BCUT2D eigenvalue weighted by molar-refractivity contribution is -0.104. The monoisotopic (exact) mass is 242 g/mol. The smallest absolute Gasteiger partial charge is 0.207 e. The summed E-state index contributed by atoms with van der Waals surface area (Å²) in [5.74, 6) is -1.38. The maximum atomic E-state index is 12.6. The second-order valence-corrected chi connectivity index (χ2v) is 4.79. The van der Waals surface area contributed by atoms with Gasteiger partial charge in [-0.25, -0.2) is 4.39 Å². The molecule has 0 aliphatic rings. The minimum Gasteiger partial charge on any atom is -0.207 e. The van der Waals surface area contributed by atoms with E-state index in [1.165, 1.54) is 18.2 Å². The molecule has 0 nitrogen and oxygen atoms in total. The third kappa shape index (κ3) is 4.76. The fourth-order valence-corrected chi connectivity index (χ4v) is 2.60. The van der Waals surface area contributed by atoms with Crippen LogP contribution in [0.1, 0.15) is 0 Å². The van der Waals surface area contributed by atoms with Crippen molar-refractivity contribution in [3.63, 3.8) is 0 Å². The fraction of sp³-hybridized carbons (Fsp3) is 0.250. The third-order valence-electron chi connectivity index (χ3n) is 1.17. The first-order valence-electron chi connectivity index (χ1n) is 3.59. The summed E-state index contributed by atoms with van der Waals surface area (Å²) < 4.78 is 47.8. The molecule has 1 aromatic rings. The Kier molecular flexibility index (Phi) is 4.12. The van der Waals surface area contributed by atoms with E-state index in [0.29, 0.717) is 15.7 Å². The van der Waals surface area contributed by atoms with Crippen molar-refractivity contribution in [2.24, 2.45) is 0 Å². The largest absolute Gasteiger partial charge is 0.398 e. The molecule has 0 heterocycles. The Morgan fingerprint density at radius 3 is 2.50 bits per heavy atom. The molecule has 1 aromatic carbocycles. The molecule has 6 heteroatoms. The van der Waals surface area contributed by atoms with Crippen LogP contribution in [-0.2, 0) is 0 Å². The Labute approximate surface area is 86.5 Å². The molecule has 0 saturated heterocycles. The van der Waals surface area contributed by atoms with Crippen molar-refractivity contribution < 1.29 is 17.6 Å². The maximum Gasteiger partial charge on any atom is 0.398 e. The molecule has 14 heavy (non-hydrogen) atoms. The van der Waals surface area contributed by atoms with Crippen LogP contribution < -0.4 is 0 Å². The van der Waals surface area contributed by atoms with Gasteiger partial charge in [0.1, 0.15) is 11.6 Å². The average Bonchev–Trinajstić information content (AvgIpc) is 2.01. The molecule has 0 bridgehead atoms. The van der Waals surface area contributed by atoms with E-state index in [0.717, 1.165) is 10.8 Å². The van der Waals surface area contributed by atoms with Gasteiger partial charge in [0, 0.05) is 4.90 Å². The molecule has 78 valence electrons. The van der Waals surface area contributed by atoms with Gasteiger partial charge in [0.2, 0.25) is 0 Å². The number of benzene rings is 1. The first kappa shape index (κ1) is 11.7. The molecular formula is C8H6F4S2. The summed E-state index contributed by atoms with van der Waals surface area (Å²) in [6, 6.07) is 5.48. The van der Waals surface area contributed by atoms with Gasteiger partial charge >= 0.3 is 6.18 Å². The van der Waals surface area contributed by atoms with Crippen molar-refractivity contribution in [2.45, 2.75) is 11.1 Å². The predicted octanol–water partition coefficient (Wildman–Crippen LogP) is 4.13. The minimum absolute atomic E-state index is 0.442. The quantitative estimate of drug-likeness (QED) is 0.577. The van der Waals surface area contributed by atoms with Crippen molar-refractivity contribution in [2.75, 3.05) is 5.75 Å². The molecular weight excluding hydrogens is 236 g/mol. The van der Waals surface area contributed by atoms with Crippen molar-refractivity contribution >= 4 is 21.6 Å². The zero-order valence-corrected chi connectivity index (χ0v) is 8.48. The second kappa shape index (κ2) is 4.93. The summed E-state index contributed by atoms with van der Waals surface area (Å²) in [4.78, 5) is 0.485. The van der Waals surface area contributed by atoms with Crippen LogP contribution in [0.2, 0.25) is 0 Å². The van der Waals surface area contributed by atoms with E-state index in [4.69, 9.17) is 0 Å². The van der Waals surface area contributed by atoms with Gasteiger partial charge in [-0.3, -0.25) is 0 Å². The van der Waals surface area contributed by atoms with E-state index in [-0.39, 0.29) is 0 Å². The van der Waals surface area contributed by atoms with Crippen LogP contribution in [-0.4, -0.2) is 11.9 Å². The summed E-state index contributed by atoms with van der Waals surface area (Å²) in [5, 5.41) is 0. The molecule has 0 N–H and O–H groups in total. The molecule has 0 aromatic heterocycles. The first-order valence-corrected chi connectivity index (χ1v) is 5.91. The summed E-state index contributed by atoms with van der Waals surface area (Å²) >= 11 is 0. The zero-order chi connectivity index (χ0) is 10.6. The molecule has 0 saturated carbocycles. The highest BCUT2D eigenvalue weighted by atomic mass is 33.1. The predicted molar refractivity (Wildman–Crippen MR) is 50.8 cm³/mol. The number of hydrogen-bond donors (Lipinski definition) is 0. The van der Waals surface area contributed by atoms with E-state index in [1.54, 1.807) is 6.07 Å². The van der Waals surface area contributed by atoms with Gasteiger partial charge in [0.15, 0.2) is 0 Å². The zero-order valence-electron chi connectivity index (χ0n) is 6.84. The number of rotatable bonds is 3. The number of halogens is 4. The highest BCUT2D eigenvalue weighted by Gasteiger charge is 2.27. The third-order valence-corrected chi connectivity index (χ3v) is 3.47.